The first-order chi connectivity index (χ1) is 10.7. The zero-order valence-corrected chi connectivity index (χ0v) is 17.2. The number of hydrogen-bond acceptors (Lipinski definition) is 3. The summed E-state index contributed by atoms with van der Waals surface area (Å²) in [6.07, 6.45) is 3.68. The lowest BCUT2D eigenvalue weighted by molar-refractivity contribution is 0.584. The molecule has 1 unspecified atom stereocenters. The van der Waals surface area contributed by atoms with Gasteiger partial charge in [0, 0.05) is 37.1 Å². The second kappa shape index (κ2) is 11.0. The fourth-order valence-electron chi connectivity index (χ4n) is 2.55. The van der Waals surface area contributed by atoms with Crippen molar-refractivity contribution < 1.29 is 0 Å². The summed E-state index contributed by atoms with van der Waals surface area (Å²) < 4.78 is 0.368. The molecule has 130 valence electrons. The predicted molar refractivity (Wildman–Crippen MR) is 114 cm³/mol. The first-order valence-electron chi connectivity index (χ1n) is 8.09. The van der Waals surface area contributed by atoms with Gasteiger partial charge in [0.25, 0.3) is 0 Å². The van der Waals surface area contributed by atoms with E-state index >= 15 is 0 Å². The van der Waals surface area contributed by atoms with E-state index in [1.54, 1.807) is 0 Å². The molecule has 1 atom stereocenters. The minimum atomic E-state index is 0. The predicted octanol–water partition coefficient (Wildman–Crippen LogP) is 3.56. The average molecular weight is 448 g/mol. The number of thioether (sulfide) groups is 1. The van der Waals surface area contributed by atoms with Crippen LogP contribution in [0.25, 0.3) is 0 Å². The molecule has 6 heteroatoms. The second-order valence-electron chi connectivity index (χ2n) is 5.90. The number of aliphatic imine (C=N–C) groups is 1. The van der Waals surface area contributed by atoms with Crippen LogP contribution < -0.4 is 16.0 Å². The van der Waals surface area contributed by atoms with Crippen LogP contribution in [0.4, 0.5) is 5.69 Å². The molecule has 0 radical (unpaired) electrons. The summed E-state index contributed by atoms with van der Waals surface area (Å²) in [5.41, 5.74) is 1.18. The van der Waals surface area contributed by atoms with Crippen molar-refractivity contribution >= 4 is 47.4 Å². The third-order valence-corrected chi connectivity index (χ3v) is 5.44. The van der Waals surface area contributed by atoms with Gasteiger partial charge < -0.3 is 16.0 Å². The molecule has 1 aliphatic rings. The second-order valence-corrected chi connectivity index (χ2v) is 7.58. The Morgan fingerprint density at radius 2 is 2.00 bits per heavy atom. The Labute approximate surface area is 161 Å². The van der Waals surface area contributed by atoms with Crippen molar-refractivity contribution in [2.75, 3.05) is 37.8 Å². The van der Waals surface area contributed by atoms with Gasteiger partial charge in [0.2, 0.25) is 0 Å². The zero-order chi connectivity index (χ0) is 15.7. The van der Waals surface area contributed by atoms with E-state index in [2.05, 4.69) is 51.8 Å². The van der Waals surface area contributed by atoms with Crippen molar-refractivity contribution in [2.24, 2.45) is 4.99 Å². The SMILES string of the molecule is CN=C(NCCCNc1ccccc1)NCC1(C)CCCS1.I. The van der Waals surface area contributed by atoms with Gasteiger partial charge in [-0.3, -0.25) is 4.99 Å². The number of halogens is 1. The number of nitrogens with zero attached hydrogens (tertiary/aromatic N) is 1. The Morgan fingerprint density at radius 3 is 2.65 bits per heavy atom. The number of rotatable bonds is 7. The largest absolute Gasteiger partial charge is 0.385 e. The minimum absolute atomic E-state index is 0. The molecule has 4 nitrogen and oxygen atoms in total. The molecule has 0 spiro atoms. The van der Waals surface area contributed by atoms with Crippen LogP contribution in [-0.2, 0) is 0 Å². The molecular formula is C17H29IN4S. The molecule has 1 saturated heterocycles. The summed E-state index contributed by atoms with van der Waals surface area (Å²) in [5.74, 6) is 2.20. The maximum absolute atomic E-state index is 4.30. The lowest BCUT2D eigenvalue weighted by Gasteiger charge is -2.24. The maximum atomic E-state index is 4.30. The number of anilines is 1. The molecule has 1 heterocycles. The van der Waals surface area contributed by atoms with E-state index in [9.17, 15) is 0 Å². The highest BCUT2D eigenvalue weighted by Gasteiger charge is 2.29. The van der Waals surface area contributed by atoms with E-state index in [1.165, 1.54) is 24.3 Å². The molecule has 0 saturated carbocycles. The van der Waals surface area contributed by atoms with Crippen LogP contribution in [0.1, 0.15) is 26.2 Å². The summed E-state index contributed by atoms with van der Waals surface area (Å²) in [6, 6.07) is 10.3. The minimum Gasteiger partial charge on any atom is -0.385 e. The first kappa shape index (κ1) is 20.4. The fourth-order valence-corrected chi connectivity index (χ4v) is 3.80. The van der Waals surface area contributed by atoms with Gasteiger partial charge in [0.1, 0.15) is 0 Å². The number of benzene rings is 1. The molecule has 3 N–H and O–H groups in total. The summed E-state index contributed by atoms with van der Waals surface area (Å²) in [7, 11) is 1.83. The lowest BCUT2D eigenvalue weighted by Crippen LogP contribution is -2.44. The van der Waals surface area contributed by atoms with Crippen molar-refractivity contribution in [3.63, 3.8) is 0 Å². The average Bonchev–Trinajstić information content (AvgIpc) is 2.98. The van der Waals surface area contributed by atoms with Crippen LogP contribution in [0.5, 0.6) is 0 Å². The lowest BCUT2D eigenvalue weighted by atomic mass is 10.1. The quantitative estimate of drug-likeness (QED) is 0.259. The van der Waals surface area contributed by atoms with Gasteiger partial charge in [-0.15, -0.1) is 24.0 Å². The first-order valence-corrected chi connectivity index (χ1v) is 9.08. The van der Waals surface area contributed by atoms with Gasteiger partial charge in [0.15, 0.2) is 5.96 Å². The van der Waals surface area contributed by atoms with Gasteiger partial charge in [-0.05, 0) is 44.1 Å². The molecule has 0 bridgehead atoms. The van der Waals surface area contributed by atoms with Crippen LogP contribution in [0.15, 0.2) is 35.3 Å². The Bertz CT molecular complexity index is 461. The summed E-state index contributed by atoms with van der Waals surface area (Å²) >= 11 is 2.07. The number of nitrogens with one attached hydrogen (secondary N) is 3. The van der Waals surface area contributed by atoms with E-state index in [-0.39, 0.29) is 24.0 Å². The molecule has 0 amide bonds. The topological polar surface area (TPSA) is 48.5 Å². The number of hydrogen-bond donors (Lipinski definition) is 3. The summed E-state index contributed by atoms with van der Waals surface area (Å²) in [5, 5.41) is 10.3. The van der Waals surface area contributed by atoms with Crippen molar-refractivity contribution in [1.82, 2.24) is 10.6 Å². The van der Waals surface area contributed by atoms with Crippen LogP contribution in [-0.4, -0.2) is 43.1 Å². The zero-order valence-electron chi connectivity index (χ0n) is 14.1. The molecule has 1 aromatic rings. The molecular weight excluding hydrogens is 419 g/mol. The molecule has 2 rings (SSSR count). The Balaban J connectivity index is 0.00000264. The van der Waals surface area contributed by atoms with Crippen LogP contribution in [0.3, 0.4) is 0 Å². The normalized spacial score (nSPS) is 20.7. The highest BCUT2D eigenvalue weighted by atomic mass is 127. The van der Waals surface area contributed by atoms with Gasteiger partial charge in [-0.2, -0.15) is 11.8 Å². The molecule has 1 fully saturated rings. The van der Waals surface area contributed by atoms with Gasteiger partial charge in [-0.25, -0.2) is 0 Å². The van der Waals surface area contributed by atoms with Gasteiger partial charge >= 0.3 is 0 Å². The van der Waals surface area contributed by atoms with Crippen molar-refractivity contribution in [3.05, 3.63) is 30.3 Å². The van der Waals surface area contributed by atoms with Crippen molar-refractivity contribution in [1.29, 1.82) is 0 Å². The molecule has 1 aromatic carbocycles. The molecule has 23 heavy (non-hydrogen) atoms. The fraction of sp³-hybridized carbons (Fsp3) is 0.588. The van der Waals surface area contributed by atoms with Crippen LogP contribution >= 0.6 is 35.7 Å². The van der Waals surface area contributed by atoms with Gasteiger partial charge in [0.05, 0.1) is 0 Å². The van der Waals surface area contributed by atoms with E-state index < -0.39 is 0 Å². The van der Waals surface area contributed by atoms with E-state index in [0.29, 0.717) is 4.75 Å². The smallest absolute Gasteiger partial charge is 0.191 e. The highest BCUT2D eigenvalue weighted by molar-refractivity contribution is 14.0. The van der Waals surface area contributed by atoms with Crippen LogP contribution in [0, 0.1) is 0 Å². The monoisotopic (exact) mass is 448 g/mol. The Morgan fingerprint density at radius 1 is 1.22 bits per heavy atom. The Kier molecular flexibility index (Phi) is 9.78. The van der Waals surface area contributed by atoms with E-state index in [4.69, 9.17) is 0 Å². The molecule has 0 aromatic heterocycles. The maximum Gasteiger partial charge on any atom is 0.191 e. The molecule has 0 aliphatic carbocycles. The van der Waals surface area contributed by atoms with E-state index in [1.807, 2.05) is 25.2 Å². The third-order valence-electron chi connectivity index (χ3n) is 3.90. The highest BCUT2D eigenvalue weighted by Crippen LogP contribution is 2.36. The van der Waals surface area contributed by atoms with E-state index in [0.717, 1.165) is 32.0 Å². The number of para-hydroxylation sites is 1. The number of guanidine groups is 1. The Hall–Kier alpha value is -0.630. The van der Waals surface area contributed by atoms with Crippen LogP contribution in [0.2, 0.25) is 0 Å². The standard InChI is InChI=1S/C17H28N4S.HI/c1-17(10-6-13-22-17)14-21-16(18-2)20-12-7-11-19-15-8-4-3-5-9-15;/h3-5,8-9,19H,6-7,10-14H2,1-2H3,(H2,18,20,21);1H. The van der Waals surface area contributed by atoms with Crippen molar-refractivity contribution in [2.45, 2.75) is 30.9 Å². The van der Waals surface area contributed by atoms with Crippen molar-refractivity contribution in [3.8, 4) is 0 Å². The summed E-state index contributed by atoms with van der Waals surface area (Å²) in [4.78, 5) is 4.30. The third kappa shape index (κ3) is 7.65. The molecule has 1 aliphatic heterocycles. The summed E-state index contributed by atoms with van der Waals surface area (Å²) in [6.45, 7) is 5.21. The van der Waals surface area contributed by atoms with Gasteiger partial charge in [-0.1, -0.05) is 18.2 Å².